The normalized spacial score (nSPS) is 12.7. The van der Waals surface area contributed by atoms with Gasteiger partial charge in [0.25, 0.3) is 0 Å². The van der Waals surface area contributed by atoms with Gasteiger partial charge in [-0.2, -0.15) is 0 Å². The highest BCUT2D eigenvalue weighted by Crippen LogP contribution is 2.19. The summed E-state index contributed by atoms with van der Waals surface area (Å²) in [7, 11) is 1.50. The molecule has 7 nitrogen and oxygen atoms in total. The van der Waals surface area contributed by atoms with E-state index in [9.17, 15) is 9.18 Å². The highest BCUT2D eigenvalue weighted by atomic mass is 19.1. The van der Waals surface area contributed by atoms with E-state index in [0.29, 0.717) is 16.8 Å². The van der Waals surface area contributed by atoms with Crippen LogP contribution in [-0.2, 0) is 4.74 Å². The van der Waals surface area contributed by atoms with Gasteiger partial charge in [0.1, 0.15) is 12.5 Å². The monoisotopic (exact) mass is 359 g/mol. The SMILES string of the molecule is CN(N)/C(NC(=O)OC(CF)c1ccccc1)=C(\N)c1ccc(N)cc1. The number of hydrogen-bond donors (Lipinski definition) is 4. The summed E-state index contributed by atoms with van der Waals surface area (Å²) < 4.78 is 18.4. The Morgan fingerprint density at radius 2 is 1.81 bits per heavy atom. The molecule has 0 saturated carbocycles. The van der Waals surface area contributed by atoms with Crippen molar-refractivity contribution in [1.82, 2.24) is 10.3 Å². The van der Waals surface area contributed by atoms with Gasteiger partial charge in [0.2, 0.25) is 0 Å². The first-order chi connectivity index (χ1) is 12.4. The second kappa shape index (κ2) is 8.72. The number of anilines is 1. The van der Waals surface area contributed by atoms with Crippen molar-refractivity contribution in [2.75, 3.05) is 19.5 Å². The molecule has 0 heterocycles. The van der Waals surface area contributed by atoms with E-state index in [1.54, 1.807) is 54.6 Å². The van der Waals surface area contributed by atoms with E-state index >= 15 is 0 Å². The number of hydrazine groups is 1. The third kappa shape index (κ3) is 4.87. The molecule has 0 fully saturated rings. The molecule has 0 bridgehead atoms. The number of alkyl halides is 1. The van der Waals surface area contributed by atoms with Gasteiger partial charge in [0.15, 0.2) is 6.10 Å². The molecule has 26 heavy (non-hydrogen) atoms. The van der Waals surface area contributed by atoms with Crippen molar-refractivity contribution in [3.8, 4) is 0 Å². The van der Waals surface area contributed by atoms with Gasteiger partial charge in [0, 0.05) is 18.3 Å². The van der Waals surface area contributed by atoms with Crippen LogP contribution in [-0.4, -0.2) is 24.8 Å². The van der Waals surface area contributed by atoms with E-state index in [2.05, 4.69) is 5.32 Å². The summed E-state index contributed by atoms with van der Waals surface area (Å²) in [5.74, 6) is 5.87. The maximum atomic E-state index is 13.3. The summed E-state index contributed by atoms with van der Waals surface area (Å²) in [5.41, 5.74) is 13.7. The quantitative estimate of drug-likeness (QED) is 0.356. The van der Waals surface area contributed by atoms with Gasteiger partial charge in [-0.15, -0.1) is 0 Å². The zero-order valence-electron chi connectivity index (χ0n) is 14.4. The minimum Gasteiger partial charge on any atom is -0.438 e. The molecule has 2 rings (SSSR count). The fourth-order valence-electron chi connectivity index (χ4n) is 2.26. The Hall–Kier alpha value is -3.26. The Balaban J connectivity index is 2.17. The smallest absolute Gasteiger partial charge is 0.413 e. The van der Waals surface area contributed by atoms with Crippen LogP contribution in [0.4, 0.5) is 14.9 Å². The number of nitrogen functional groups attached to an aromatic ring is 1. The first-order valence-corrected chi connectivity index (χ1v) is 7.85. The highest BCUT2D eigenvalue weighted by molar-refractivity contribution is 5.75. The minimum atomic E-state index is -1.03. The first-order valence-electron chi connectivity index (χ1n) is 7.85. The molecule has 8 heteroatoms. The van der Waals surface area contributed by atoms with Gasteiger partial charge in [0.05, 0.1) is 5.70 Å². The van der Waals surface area contributed by atoms with Gasteiger partial charge < -0.3 is 16.2 Å². The molecule has 1 atom stereocenters. The number of rotatable bonds is 6. The number of nitrogens with one attached hydrogen (secondary N) is 1. The average molecular weight is 359 g/mol. The number of carbonyl (C=O) groups is 1. The minimum absolute atomic E-state index is 0.116. The van der Waals surface area contributed by atoms with Crippen molar-refractivity contribution in [2.24, 2.45) is 11.6 Å². The maximum Gasteiger partial charge on any atom is 0.413 e. The van der Waals surface area contributed by atoms with Crippen LogP contribution in [0.1, 0.15) is 17.2 Å². The molecule has 0 spiro atoms. The van der Waals surface area contributed by atoms with Crippen LogP contribution in [0.5, 0.6) is 0 Å². The lowest BCUT2D eigenvalue weighted by atomic mass is 10.1. The Kier molecular flexibility index (Phi) is 6.40. The van der Waals surface area contributed by atoms with Crippen molar-refractivity contribution in [3.63, 3.8) is 0 Å². The molecule has 7 N–H and O–H groups in total. The number of halogens is 1. The number of nitrogens with zero attached hydrogens (tertiary/aromatic N) is 1. The van der Waals surface area contributed by atoms with Gasteiger partial charge in [-0.05, 0) is 17.7 Å². The molecule has 138 valence electrons. The summed E-state index contributed by atoms with van der Waals surface area (Å²) in [5, 5.41) is 3.60. The van der Waals surface area contributed by atoms with Crippen LogP contribution >= 0.6 is 0 Å². The van der Waals surface area contributed by atoms with Gasteiger partial charge >= 0.3 is 6.09 Å². The van der Waals surface area contributed by atoms with Crippen LogP contribution in [0.25, 0.3) is 5.70 Å². The Morgan fingerprint density at radius 1 is 1.19 bits per heavy atom. The van der Waals surface area contributed by atoms with Crippen LogP contribution in [0.3, 0.4) is 0 Å². The lowest BCUT2D eigenvalue weighted by Gasteiger charge is -2.22. The van der Waals surface area contributed by atoms with E-state index in [0.717, 1.165) is 5.01 Å². The summed E-state index contributed by atoms with van der Waals surface area (Å²) in [4.78, 5) is 12.2. The number of amides is 1. The third-order valence-electron chi connectivity index (χ3n) is 3.61. The molecule has 0 aliphatic carbocycles. The molecule has 0 radical (unpaired) electrons. The number of ether oxygens (including phenoxy) is 1. The summed E-state index contributed by atoms with van der Waals surface area (Å²) in [6.45, 7) is -0.859. The van der Waals surface area contributed by atoms with E-state index in [-0.39, 0.29) is 11.5 Å². The fraction of sp³-hybridized carbons (Fsp3) is 0.167. The third-order valence-corrected chi connectivity index (χ3v) is 3.61. The molecule has 0 aliphatic heterocycles. The largest absolute Gasteiger partial charge is 0.438 e. The van der Waals surface area contributed by atoms with E-state index in [1.165, 1.54) is 7.05 Å². The Morgan fingerprint density at radius 3 is 2.35 bits per heavy atom. The number of alkyl carbamates (subject to hydrolysis) is 1. The zero-order chi connectivity index (χ0) is 19.1. The molecule has 0 saturated heterocycles. The summed E-state index contributed by atoms with van der Waals surface area (Å²) in [6.07, 6.45) is -1.90. The van der Waals surface area contributed by atoms with Gasteiger partial charge in [-0.1, -0.05) is 42.5 Å². The van der Waals surface area contributed by atoms with Crippen LogP contribution in [0.2, 0.25) is 0 Å². The molecular formula is C18H22FN5O2. The number of hydrogen-bond acceptors (Lipinski definition) is 6. The van der Waals surface area contributed by atoms with E-state index < -0.39 is 18.9 Å². The maximum absolute atomic E-state index is 13.3. The fourth-order valence-corrected chi connectivity index (χ4v) is 2.26. The van der Waals surface area contributed by atoms with Crippen molar-refractivity contribution in [3.05, 3.63) is 71.5 Å². The summed E-state index contributed by atoms with van der Waals surface area (Å²) in [6, 6.07) is 15.3. The molecule has 0 aliphatic rings. The standard InChI is InChI=1S/C18H22FN5O2/c1-24(22)17(16(21)13-7-9-14(20)10-8-13)23-18(25)26-15(11-19)12-5-3-2-4-6-12/h2-10,15H,11,20-22H2,1H3,(H,23,25)/b17-16-. The molecule has 0 aromatic heterocycles. The molecular weight excluding hydrogens is 337 g/mol. The van der Waals surface area contributed by atoms with E-state index in [1.807, 2.05) is 0 Å². The second-order valence-electron chi connectivity index (χ2n) is 5.58. The lowest BCUT2D eigenvalue weighted by Crippen LogP contribution is -2.39. The second-order valence-corrected chi connectivity index (χ2v) is 5.58. The summed E-state index contributed by atoms with van der Waals surface area (Å²) >= 11 is 0. The number of nitrogens with two attached hydrogens (primary N) is 3. The van der Waals surface area contributed by atoms with Crippen molar-refractivity contribution in [2.45, 2.75) is 6.10 Å². The van der Waals surface area contributed by atoms with Crippen LogP contribution in [0.15, 0.2) is 60.4 Å². The molecule has 2 aromatic carbocycles. The highest BCUT2D eigenvalue weighted by Gasteiger charge is 2.19. The van der Waals surface area contributed by atoms with Crippen molar-refractivity contribution in [1.29, 1.82) is 0 Å². The van der Waals surface area contributed by atoms with Crippen molar-refractivity contribution >= 4 is 17.5 Å². The molecule has 2 aromatic rings. The Labute approximate surface area is 151 Å². The first kappa shape index (κ1) is 19.1. The number of benzene rings is 2. The predicted octanol–water partition coefficient (Wildman–Crippen LogP) is 2.10. The lowest BCUT2D eigenvalue weighted by molar-refractivity contribution is 0.0815. The average Bonchev–Trinajstić information content (AvgIpc) is 2.64. The van der Waals surface area contributed by atoms with Crippen molar-refractivity contribution < 1.29 is 13.9 Å². The zero-order valence-corrected chi connectivity index (χ0v) is 14.4. The Bertz CT molecular complexity index is 763. The molecule has 1 unspecified atom stereocenters. The predicted molar refractivity (Wildman–Crippen MR) is 98.7 cm³/mol. The van der Waals surface area contributed by atoms with Crippen LogP contribution < -0.4 is 22.6 Å². The molecule has 1 amide bonds. The van der Waals surface area contributed by atoms with Gasteiger partial charge in [-0.3, -0.25) is 10.3 Å². The van der Waals surface area contributed by atoms with Crippen LogP contribution in [0, 0.1) is 0 Å². The topological polar surface area (TPSA) is 120 Å². The van der Waals surface area contributed by atoms with Gasteiger partial charge in [-0.25, -0.2) is 15.0 Å². The van der Waals surface area contributed by atoms with E-state index in [4.69, 9.17) is 22.0 Å². The number of carbonyl (C=O) groups excluding carboxylic acids is 1.